The smallest absolute Gasteiger partial charge is 0.228 e. The molecule has 1 amide bonds. The van der Waals surface area contributed by atoms with E-state index in [1.165, 1.54) is 0 Å². The third-order valence-electron chi connectivity index (χ3n) is 5.26. The van der Waals surface area contributed by atoms with Crippen molar-refractivity contribution in [3.05, 3.63) is 35.7 Å². The van der Waals surface area contributed by atoms with Crippen molar-refractivity contribution >= 4 is 29.3 Å². The van der Waals surface area contributed by atoms with E-state index >= 15 is 0 Å². The summed E-state index contributed by atoms with van der Waals surface area (Å²) in [4.78, 5) is 18.5. The van der Waals surface area contributed by atoms with E-state index in [0.717, 1.165) is 54.2 Å². The molecule has 1 saturated carbocycles. The summed E-state index contributed by atoms with van der Waals surface area (Å²) in [6, 6.07) is 2.49. The lowest BCUT2D eigenvalue weighted by molar-refractivity contribution is -0.118. The summed E-state index contributed by atoms with van der Waals surface area (Å²) >= 11 is 0. The van der Waals surface area contributed by atoms with Crippen molar-refractivity contribution in [1.29, 1.82) is 0 Å². The zero-order valence-corrected chi connectivity index (χ0v) is 15.0. The van der Waals surface area contributed by atoms with Crippen LogP contribution in [-0.2, 0) is 4.79 Å². The van der Waals surface area contributed by atoms with E-state index in [0.29, 0.717) is 24.7 Å². The van der Waals surface area contributed by atoms with Gasteiger partial charge in [-0.05, 0) is 30.9 Å². The second-order valence-electron chi connectivity index (χ2n) is 7.52. The van der Waals surface area contributed by atoms with Gasteiger partial charge >= 0.3 is 0 Å². The fourth-order valence-corrected chi connectivity index (χ4v) is 3.62. The van der Waals surface area contributed by atoms with Crippen molar-refractivity contribution in [3.63, 3.8) is 0 Å². The van der Waals surface area contributed by atoms with Crippen LogP contribution in [0.5, 0.6) is 0 Å². The van der Waals surface area contributed by atoms with Gasteiger partial charge in [0, 0.05) is 36.5 Å². The third-order valence-corrected chi connectivity index (χ3v) is 5.26. The molecule has 0 aromatic carbocycles. The van der Waals surface area contributed by atoms with E-state index in [9.17, 15) is 9.90 Å². The Morgan fingerprint density at radius 2 is 2.22 bits per heavy atom. The minimum atomic E-state index is -0.312. The lowest BCUT2D eigenvalue weighted by Gasteiger charge is -2.18. The Labute approximate surface area is 156 Å². The summed E-state index contributed by atoms with van der Waals surface area (Å²) in [5.41, 5.74) is 3.07. The predicted molar refractivity (Wildman–Crippen MR) is 102 cm³/mol. The Balaban J connectivity index is 1.59. The molecule has 3 fully saturated rings. The Kier molecular flexibility index (Phi) is 3.68. The minimum absolute atomic E-state index is 0.0430. The number of amides is 1. The zero-order chi connectivity index (χ0) is 18.5. The molecule has 0 radical (unpaired) electrons. The molecular formula is C19H22N6O2. The van der Waals surface area contributed by atoms with Crippen molar-refractivity contribution < 1.29 is 9.90 Å². The van der Waals surface area contributed by atoms with E-state index in [2.05, 4.69) is 27.2 Å². The van der Waals surface area contributed by atoms with E-state index in [-0.39, 0.29) is 12.0 Å². The number of carbonyl (C=O) groups excluding carboxylic acids is 1. The Morgan fingerprint density at radius 3 is 2.89 bits per heavy atom. The number of aromatic nitrogens is 3. The summed E-state index contributed by atoms with van der Waals surface area (Å²) < 4.78 is 1.81. The Bertz CT molecular complexity index is 974. The number of hydrogen-bond acceptors (Lipinski definition) is 6. The van der Waals surface area contributed by atoms with Crippen LogP contribution in [0.1, 0.15) is 31.2 Å². The van der Waals surface area contributed by atoms with Crippen LogP contribution in [0.4, 0.5) is 11.6 Å². The molecule has 8 heteroatoms. The summed E-state index contributed by atoms with van der Waals surface area (Å²) in [5.74, 6) is 1.70. The topological polar surface area (TPSA) is 94.8 Å². The molecule has 2 aromatic heterocycles. The van der Waals surface area contributed by atoms with Gasteiger partial charge in [0.15, 0.2) is 5.65 Å². The average Bonchev–Trinajstić information content (AvgIpc) is 3.04. The highest BCUT2D eigenvalue weighted by Crippen LogP contribution is 2.30. The monoisotopic (exact) mass is 366 g/mol. The highest BCUT2D eigenvalue weighted by Gasteiger charge is 2.26. The quantitative estimate of drug-likeness (QED) is 0.755. The van der Waals surface area contributed by atoms with Gasteiger partial charge in [-0.3, -0.25) is 4.79 Å². The minimum Gasteiger partial charge on any atom is -0.391 e. The average molecular weight is 366 g/mol. The summed E-state index contributed by atoms with van der Waals surface area (Å²) in [6.07, 6.45) is 6.78. The molecule has 3 aliphatic rings. The van der Waals surface area contributed by atoms with Gasteiger partial charge in [0.1, 0.15) is 11.6 Å². The zero-order valence-electron chi connectivity index (χ0n) is 15.0. The third kappa shape index (κ3) is 3.06. The lowest BCUT2D eigenvalue weighted by Crippen LogP contribution is -2.23. The van der Waals surface area contributed by atoms with Crippen LogP contribution in [0, 0.1) is 0 Å². The van der Waals surface area contributed by atoms with Crippen LogP contribution in [0.25, 0.3) is 11.7 Å². The molecule has 5 rings (SSSR count). The number of aliphatic hydroxyl groups excluding tert-OH is 1. The number of carbonyl (C=O) groups is 1. The van der Waals surface area contributed by atoms with E-state index < -0.39 is 0 Å². The molecule has 1 atom stereocenters. The van der Waals surface area contributed by atoms with E-state index in [1.54, 1.807) is 6.20 Å². The van der Waals surface area contributed by atoms with E-state index in [4.69, 9.17) is 4.98 Å². The molecule has 0 spiro atoms. The van der Waals surface area contributed by atoms with Crippen LogP contribution < -0.4 is 15.5 Å². The summed E-state index contributed by atoms with van der Waals surface area (Å²) in [7, 11) is 0. The maximum atomic E-state index is 11.6. The summed E-state index contributed by atoms with van der Waals surface area (Å²) in [5, 5.41) is 20.7. The van der Waals surface area contributed by atoms with Crippen LogP contribution >= 0.6 is 0 Å². The first kappa shape index (κ1) is 16.3. The molecule has 3 N–H and O–H groups in total. The van der Waals surface area contributed by atoms with Gasteiger partial charge in [0.05, 0.1) is 18.7 Å². The first-order chi connectivity index (χ1) is 13.1. The lowest BCUT2D eigenvalue weighted by atomic mass is 10.1. The maximum Gasteiger partial charge on any atom is 0.228 e. The first-order valence-corrected chi connectivity index (χ1v) is 9.35. The fraction of sp³-hybridized carbons (Fsp3) is 0.421. The molecule has 8 nitrogen and oxygen atoms in total. The Hall–Kier alpha value is -2.87. The van der Waals surface area contributed by atoms with Gasteiger partial charge in [0.25, 0.3) is 0 Å². The number of fused-ring (bicyclic) bond motifs is 1. The molecule has 2 saturated heterocycles. The molecule has 0 unspecified atom stereocenters. The predicted octanol–water partition coefficient (Wildman–Crippen LogP) is 1.29. The molecule has 2 aromatic rings. The van der Waals surface area contributed by atoms with Gasteiger partial charge in [-0.1, -0.05) is 6.58 Å². The van der Waals surface area contributed by atoms with Crippen LogP contribution in [-0.4, -0.2) is 50.8 Å². The largest absolute Gasteiger partial charge is 0.391 e. The highest BCUT2D eigenvalue weighted by molar-refractivity contribution is 5.89. The number of anilines is 2. The molecular weight excluding hydrogens is 344 g/mol. The highest BCUT2D eigenvalue weighted by atomic mass is 16.3. The van der Waals surface area contributed by atoms with Crippen molar-refractivity contribution in [2.24, 2.45) is 0 Å². The molecule has 27 heavy (non-hydrogen) atoms. The van der Waals surface area contributed by atoms with Crippen LogP contribution in [0.2, 0.25) is 0 Å². The van der Waals surface area contributed by atoms with Crippen molar-refractivity contribution in [2.75, 3.05) is 23.3 Å². The maximum absolute atomic E-state index is 11.6. The number of allylic oxidation sites excluding steroid dienone is 1. The van der Waals surface area contributed by atoms with Crippen molar-refractivity contribution in [3.8, 4) is 0 Å². The SMILES string of the molecule is C=C1NC(=O)C/C1=C\c1cnn2c(NC3CC3)cc(N3CC[C@H](O)C3)nc12. The van der Waals surface area contributed by atoms with Gasteiger partial charge in [-0.2, -0.15) is 9.61 Å². The second kappa shape index (κ2) is 6.09. The number of rotatable bonds is 4. The molecule has 0 bridgehead atoms. The molecule has 4 heterocycles. The van der Waals surface area contributed by atoms with Crippen molar-refractivity contribution in [2.45, 2.75) is 37.8 Å². The standard InChI is InChI=1S/C19H22N6O2/c1-11-12(7-18(27)21-11)6-13-9-20-25-17(22-14-2-3-14)8-16(23-19(13)25)24-5-4-15(26)10-24/h6,8-9,14-15,22,26H,1-5,7,10H2,(H,21,27)/b12-6+/t15-/m0/s1. The molecule has 1 aliphatic carbocycles. The first-order valence-electron chi connectivity index (χ1n) is 9.35. The number of aliphatic hydroxyl groups is 1. The normalized spacial score (nSPS) is 24.3. The van der Waals surface area contributed by atoms with Crippen LogP contribution in [0.15, 0.2) is 30.1 Å². The number of hydrogen-bond donors (Lipinski definition) is 3. The van der Waals surface area contributed by atoms with Gasteiger partial charge in [-0.15, -0.1) is 0 Å². The van der Waals surface area contributed by atoms with Crippen LogP contribution in [0.3, 0.4) is 0 Å². The number of nitrogens with one attached hydrogen (secondary N) is 2. The van der Waals surface area contributed by atoms with Crippen molar-refractivity contribution in [1.82, 2.24) is 19.9 Å². The van der Waals surface area contributed by atoms with Gasteiger partial charge < -0.3 is 20.6 Å². The molecule has 140 valence electrons. The van der Waals surface area contributed by atoms with Gasteiger partial charge in [0.2, 0.25) is 5.91 Å². The van der Waals surface area contributed by atoms with Gasteiger partial charge in [-0.25, -0.2) is 4.98 Å². The van der Waals surface area contributed by atoms with E-state index in [1.807, 2.05) is 16.7 Å². The Morgan fingerprint density at radius 1 is 1.37 bits per heavy atom. The fourth-order valence-electron chi connectivity index (χ4n) is 3.62. The number of nitrogens with zero attached hydrogens (tertiary/aromatic N) is 4. The summed E-state index contributed by atoms with van der Waals surface area (Å²) in [6.45, 7) is 5.28. The number of β-amino-alcohol motifs (C(OH)–C–C–N with tert-alkyl or cyclic N) is 1. The molecule has 2 aliphatic heterocycles. The second-order valence-corrected chi connectivity index (χ2v) is 7.52.